The van der Waals surface area contributed by atoms with Crippen LogP contribution < -0.4 is 0 Å². The normalized spacial score (nSPS) is 22.9. The van der Waals surface area contributed by atoms with E-state index in [2.05, 4.69) is 47.3 Å². The number of benzene rings is 1. The van der Waals surface area contributed by atoms with Gasteiger partial charge in [-0.25, -0.2) is 0 Å². The number of aryl methyl sites for hydroxylation is 1. The minimum atomic E-state index is 0.126. The molecule has 2 saturated heterocycles. The zero-order valence-corrected chi connectivity index (χ0v) is 16.5. The summed E-state index contributed by atoms with van der Waals surface area (Å²) < 4.78 is 1.70. The third-order valence-electron chi connectivity index (χ3n) is 6.50. The topological polar surface area (TPSA) is 41.4 Å². The second kappa shape index (κ2) is 7.47. The number of amides is 1. The lowest BCUT2D eigenvalue weighted by atomic mass is 9.68. The van der Waals surface area contributed by atoms with Gasteiger partial charge in [0.05, 0.1) is 11.8 Å². The van der Waals surface area contributed by atoms with Crippen LogP contribution in [0.25, 0.3) is 0 Å². The van der Waals surface area contributed by atoms with E-state index >= 15 is 0 Å². The van der Waals surface area contributed by atoms with Crippen LogP contribution in [0.3, 0.4) is 0 Å². The van der Waals surface area contributed by atoms with E-state index in [1.165, 1.54) is 18.5 Å². The number of likely N-dealkylation sites (tertiary alicyclic amines) is 2. The van der Waals surface area contributed by atoms with Gasteiger partial charge in [0, 0.05) is 39.4 Å². The van der Waals surface area contributed by atoms with Crippen LogP contribution in [0.4, 0.5) is 0 Å². The number of likely N-dealkylation sites (N-methyl/N-ethyl adjacent to an activating group) is 1. The molecule has 0 saturated carbocycles. The Bertz CT molecular complexity index is 777. The van der Waals surface area contributed by atoms with Gasteiger partial charge in [0.15, 0.2) is 0 Å². The highest BCUT2D eigenvalue weighted by Gasteiger charge is 2.42. The highest BCUT2D eigenvalue weighted by atomic mass is 16.2. The van der Waals surface area contributed by atoms with Crippen LogP contribution in [0.2, 0.25) is 0 Å². The van der Waals surface area contributed by atoms with Gasteiger partial charge in [0.25, 0.3) is 5.91 Å². The number of carbonyl (C=O) groups excluding carboxylic acids is 1. The number of rotatable bonds is 3. The van der Waals surface area contributed by atoms with Crippen LogP contribution in [-0.4, -0.2) is 58.2 Å². The van der Waals surface area contributed by atoms with E-state index in [0.717, 1.165) is 39.0 Å². The van der Waals surface area contributed by atoms with Gasteiger partial charge in [0.2, 0.25) is 0 Å². The maximum atomic E-state index is 12.8. The van der Waals surface area contributed by atoms with Gasteiger partial charge in [0.1, 0.15) is 0 Å². The van der Waals surface area contributed by atoms with Gasteiger partial charge in [-0.1, -0.05) is 37.3 Å². The molecule has 1 amide bonds. The SMILES string of the molecule is CCN1C[C@@H](c2ccccc2)CC2(CCN(C(=O)c3cnn(C)c3)CC2)C1. The van der Waals surface area contributed by atoms with Crippen molar-refractivity contribution in [2.45, 2.75) is 32.1 Å². The van der Waals surface area contributed by atoms with E-state index in [1.807, 2.05) is 18.1 Å². The van der Waals surface area contributed by atoms with E-state index in [-0.39, 0.29) is 5.91 Å². The Morgan fingerprint density at radius 3 is 2.59 bits per heavy atom. The first-order valence-electron chi connectivity index (χ1n) is 10.1. The summed E-state index contributed by atoms with van der Waals surface area (Å²) in [7, 11) is 1.85. The number of hydrogen-bond acceptors (Lipinski definition) is 3. The number of carbonyl (C=O) groups is 1. The standard InChI is InChI=1S/C22H30N4O/c1-3-25-16-19(18-7-5-4-6-8-18)13-22(17-25)9-11-26(12-10-22)21(27)20-14-23-24(2)15-20/h4-8,14-15,19H,3,9-13,16-17H2,1-2H3/t19-/m0/s1. The molecule has 4 rings (SSSR count). The Balaban J connectivity index is 1.46. The van der Waals surface area contributed by atoms with Crippen molar-refractivity contribution in [3.63, 3.8) is 0 Å². The molecule has 1 spiro atoms. The van der Waals surface area contributed by atoms with E-state index in [4.69, 9.17) is 0 Å². The lowest BCUT2D eigenvalue weighted by Crippen LogP contribution is -2.52. The van der Waals surface area contributed by atoms with Crippen molar-refractivity contribution in [2.75, 3.05) is 32.7 Å². The number of nitrogens with zero attached hydrogens (tertiary/aromatic N) is 4. The van der Waals surface area contributed by atoms with Crippen LogP contribution in [0.1, 0.15) is 48.0 Å². The number of piperidine rings is 2. The Morgan fingerprint density at radius 1 is 1.22 bits per heavy atom. The quantitative estimate of drug-likeness (QED) is 0.838. The zero-order valence-electron chi connectivity index (χ0n) is 16.5. The summed E-state index contributed by atoms with van der Waals surface area (Å²) in [5.41, 5.74) is 2.50. The molecule has 3 heterocycles. The summed E-state index contributed by atoms with van der Waals surface area (Å²) in [6, 6.07) is 11.0. The number of aromatic nitrogens is 2. The second-order valence-electron chi connectivity index (χ2n) is 8.33. The molecule has 1 atom stereocenters. The Kier molecular flexibility index (Phi) is 5.04. The van der Waals surface area contributed by atoms with E-state index < -0.39 is 0 Å². The lowest BCUT2D eigenvalue weighted by Gasteiger charge is -2.50. The van der Waals surface area contributed by atoms with Crippen molar-refractivity contribution in [1.82, 2.24) is 19.6 Å². The monoisotopic (exact) mass is 366 g/mol. The van der Waals surface area contributed by atoms with Gasteiger partial charge >= 0.3 is 0 Å². The Hall–Kier alpha value is -2.14. The first-order chi connectivity index (χ1) is 13.1. The highest BCUT2D eigenvalue weighted by molar-refractivity contribution is 5.93. The molecule has 1 aromatic heterocycles. The van der Waals surface area contributed by atoms with Crippen molar-refractivity contribution >= 4 is 5.91 Å². The molecule has 0 bridgehead atoms. The first kappa shape index (κ1) is 18.2. The van der Waals surface area contributed by atoms with E-state index in [0.29, 0.717) is 16.9 Å². The van der Waals surface area contributed by atoms with Gasteiger partial charge in [-0.15, -0.1) is 0 Å². The number of hydrogen-bond donors (Lipinski definition) is 0. The summed E-state index contributed by atoms with van der Waals surface area (Å²) >= 11 is 0. The maximum absolute atomic E-state index is 12.8. The molecule has 0 unspecified atom stereocenters. The Labute approximate surface area is 162 Å². The van der Waals surface area contributed by atoms with Crippen LogP contribution in [0, 0.1) is 5.41 Å². The Morgan fingerprint density at radius 2 is 1.96 bits per heavy atom. The van der Waals surface area contributed by atoms with Crippen molar-refractivity contribution < 1.29 is 4.79 Å². The van der Waals surface area contributed by atoms with Crippen LogP contribution in [0.5, 0.6) is 0 Å². The van der Waals surface area contributed by atoms with Crippen molar-refractivity contribution in [1.29, 1.82) is 0 Å². The fraction of sp³-hybridized carbons (Fsp3) is 0.545. The molecule has 2 fully saturated rings. The average Bonchev–Trinajstić information content (AvgIpc) is 3.15. The van der Waals surface area contributed by atoms with Crippen LogP contribution in [-0.2, 0) is 7.05 Å². The molecule has 0 N–H and O–H groups in total. The molecule has 2 aliphatic rings. The molecule has 5 heteroatoms. The van der Waals surface area contributed by atoms with E-state index in [1.54, 1.807) is 10.9 Å². The van der Waals surface area contributed by atoms with Crippen LogP contribution in [0.15, 0.2) is 42.7 Å². The summed E-state index contributed by atoms with van der Waals surface area (Å²) in [6.07, 6.45) is 6.93. The van der Waals surface area contributed by atoms with Gasteiger partial charge in [-0.3, -0.25) is 9.48 Å². The third-order valence-corrected chi connectivity index (χ3v) is 6.50. The molecular weight excluding hydrogens is 336 g/mol. The fourth-order valence-electron chi connectivity index (χ4n) is 4.95. The predicted octanol–water partition coefficient (Wildman–Crippen LogP) is 3.15. The summed E-state index contributed by atoms with van der Waals surface area (Å²) in [6.45, 7) is 7.40. The molecule has 27 heavy (non-hydrogen) atoms. The molecule has 0 radical (unpaired) electrons. The average molecular weight is 367 g/mol. The van der Waals surface area contributed by atoms with Crippen molar-refractivity contribution in [2.24, 2.45) is 12.5 Å². The molecular formula is C22H30N4O. The lowest BCUT2D eigenvalue weighted by molar-refractivity contribution is 0.0158. The van der Waals surface area contributed by atoms with Gasteiger partial charge in [-0.2, -0.15) is 5.10 Å². The molecule has 1 aromatic carbocycles. The van der Waals surface area contributed by atoms with E-state index in [9.17, 15) is 4.79 Å². The van der Waals surface area contributed by atoms with Crippen molar-refractivity contribution in [3.05, 3.63) is 53.9 Å². The fourth-order valence-corrected chi connectivity index (χ4v) is 4.95. The molecule has 2 aliphatic heterocycles. The summed E-state index contributed by atoms with van der Waals surface area (Å²) in [5.74, 6) is 0.723. The molecule has 5 nitrogen and oxygen atoms in total. The first-order valence-corrected chi connectivity index (χ1v) is 10.1. The summed E-state index contributed by atoms with van der Waals surface area (Å²) in [4.78, 5) is 17.4. The van der Waals surface area contributed by atoms with Gasteiger partial charge < -0.3 is 9.80 Å². The minimum absolute atomic E-state index is 0.126. The highest BCUT2D eigenvalue weighted by Crippen LogP contribution is 2.45. The summed E-state index contributed by atoms with van der Waals surface area (Å²) in [5, 5.41) is 4.14. The maximum Gasteiger partial charge on any atom is 0.257 e. The van der Waals surface area contributed by atoms with Crippen LogP contribution >= 0.6 is 0 Å². The second-order valence-corrected chi connectivity index (χ2v) is 8.33. The molecule has 2 aromatic rings. The largest absolute Gasteiger partial charge is 0.339 e. The molecule has 0 aliphatic carbocycles. The third kappa shape index (κ3) is 3.79. The predicted molar refractivity (Wildman–Crippen MR) is 107 cm³/mol. The minimum Gasteiger partial charge on any atom is -0.339 e. The smallest absolute Gasteiger partial charge is 0.257 e. The molecule has 144 valence electrons. The van der Waals surface area contributed by atoms with Gasteiger partial charge in [-0.05, 0) is 42.7 Å². The van der Waals surface area contributed by atoms with Crippen molar-refractivity contribution in [3.8, 4) is 0 Å². The zero-order chi connectivity index (χ0) is 18.9.